The van der Waals surface area contributed by atoms with E-state index in [4.69, 9.17) is 0 Å². The Morgan fingerprint density at radius 3 is 2.76 bits per heavy atom. The smallest absolute Gasteiger partial charge is 0.288 e. The van der Waals surface area contributed by atoms with Crippen LogP contribution in [-0.2, 0) is 11.2 Å². The first-order valence-electron chi connectivity index (χ1n) is 7.26. The summed E-state index contributed by atoms with van der Waals surface area (Å²) in [6.45, 7) is 0. The summed E-state index contributed by atoms with van der Waals surface area (Å²) in [4.78, 5) is 13.5. The van der Waals surface area contributed by atoms with Crippen LogP contribution in [0.4, 0.5) is 8.78 Å². The maximum Gasteiger partial charge on any atom is 0.288 e. The largest absolute Gasteiger partial charge is 0.303 e. The lowest BCUT2D eigenvalue weighted by Gasteiger charge is -2.06. The second-order valence-corrected chi connectivity index (χ2v) is 8.22. The van der Waals surface area contributed by atoms with E-state index < -0.39 is 5.76 Å². The molecule has 1 fully saturated rings. The number of rotatable bonds is 6. The third-order valence-electron chi connectivity index (χ3n) is 3.22. The van der Waals surface area contributed by atoms with Crippen LogP contribution in [0.2, 0.25) is 0 Å². The van der Waals surface area contributed by atoms with Gasteiger partial charge in [-0.3, -0.25) is 4.79 Å². The highest BCUT2D eigenvalue weighted by molar-refractivity contribution is 8.15. The molecule has 25 heavy (non-hydrogen) atoms. The SMILES string of the molecule is O=C1N/C(=N\N=C/c2cccs2)S[C@@H]1Cc1ccc(SC(F)F)cc1. The topological polar surface area (TPSA) is 53.8 Å². The number of nitrogens with zero attached hydrogens (tertiary/aromatic N) is 2. The molecular formula is C16H13F2N3OS3. The molecule has 0 radical (unpaired) electrons. The van der Waals surface area contributed by atoms with E-state index >= 15 is 0 Å². The number of hydrogen-bond acceptors (Lipinski definition) is 6. The lowest BCUT2D eigenvalue weighted by atomic mass is 10.1. The predicted octanol–water partition coefficient (Wildman–Crippen LogP) is 4.23. The van der Waals surface area contributed by atoms with Crippen LogP contribution < -0.4 is 5.32 Å². The van der Waals surface area contributed by atoms with Gasteiger partial charge in [0.2, 0.25) is 5.91 Å². The van der Waals surface area contributed by atoms with Gasteiger partial charge in [-0.1, -0.05) is 41.7 Å². The standard InChI is InChI=1S/C16H13F2N3OS3/c17-15(18)24-11-5-3-10(4-6-11)8-13-14(22)20-16(25-13)21-19-9-12-2-1-7-23-12/h1-7,9,13,15H,8H2,(H,20,21,22)/b19-9-/t13-/m1/s1. The Bertz CT molecular complexity index is 776. The summed E-state index contributed by atoms with van der Waals surface area (Å²) < 4.78 is 24.6. The van der Waals surface area contributed by atoms with Crippen molar-refractivity contribution in [3.63, 3.8) is 0 Å². The molecule has 130 valence electrons. The molecule has 9 heteroatoms. The molecule has 1 aliphatic heterocycles. The van der Waals surface area contributed by atoms with Crippen molar-refractivity contribution in [3.8, 4) is 0 Å². The minimum Gasteiger partial charge on any atom is -0.303 e. The number of nitrogens with one attached hydrogen (secondary N) is 1. The summed E-state index contributed by atoms with van der Waals surface area (Å²) in [5, 5.41) is 12.8. The van der Waals surface area contributed by atoms with Crippen molar-refractivity contribution in [2.75, 3.05) is 0 Å². The Balaban J connectivity index is 1.57. The Morgan fingerprint density at radius 2 is 2.08 bits per heavy atom. The highest BCUT2D eigenvalue weighted by Crippen LogP contribution is 2.27. The number of amides is 1. The van der Waals surface area contributed by atoms with Gasteiger partial charge in [-0.25, -0.2) is 0 Å². The number of amidine groups is 1. The summed E-state index contributed by atoms with van der Waals surface area (Å²) in [6, 6.07) is 10.7. The second kappa shape index (κ2) is 8.59. The minimum absolute atomic E-state index is 0.124. The van der Waals surface area contributed by atoms with E-state index in [0.717, 1.165) is 10.4 Å². The Hall–Kier alpha value is -1.71. The van der Waals surface area contributed by atoms with Crippen LogP contribution in [0.15, 0.2) is 56.9 Å². The third kappa shape index (κ3) is 5.38. The monoisotopic (exact) mass is 397 g/mol. The summed E-state index contributed by atoms with van der Waals surface area (Å²) in [6.07, 6.45) is 2.14. The number of alkyl halides is 2. The molecular weight excluding hydrogens is 384 g/mol. The van der Waals surface area contributed by atoms with Gasteiger partial charge in [0, 0.05) is 9.77 Å². The molecule has 0 spiro atoms. The molecule has 0 bridgehead atoms. The van der Waals surface area contributed by atoms with Gasteiger partial charge in [0.25, 0.3) is 5.76 Å². The summed E-state index contributed by atoms with van der Waals surface area (Å²) >= 11 is 3.38. The second-order valence-electron chi connectivity index (χ2n) is 4.99. The van der Waals surface area contributed by atoms with Crippen LogP contribution in [0.3, 0.4) is 0 Å². The molecule has 4 nitrogen and oxygen atoms in total. The molecule has 0 unspecified atom stereocenters. The van der Waals surface area contributed by atoms with Crippen molar-refractivity contribution in [2.45, 2.75) is 22.3 Å². The zero-order valence-corrected chi connectivity index (χ0v) is 15.2. The lowest BCUT2D eigenvalue weighted by Crippen LogP contribution is -2.25. The van der Waals surface area contributed by atoms with E-state index in [1.165, 1.54) is 11.8 Å². The predicted molar refractivity (Wildman–Crippen MR) is 101 cm³/mol. The van der Waals surface area contributed by atoms with E-state index in [1.54, 1.807) is 41.8 Å². The van der Waals surface area contributed by atoms with Gasteiger partial charge >= 0.3 is 0 Å². The molecule has 1 atom stereocenters. The van der Waals surface area contributed by atoms with Gasteiger partial charge in [-0.2, -0.15) is 13.9 Å². The minimum atomic E-state index is -2.43. The Kier molecular flexibility index (Phi) is 6.22. The average Bonchev–Trinajstić information content (AvgIpc) is 3.19. The third-order valence-corrected chi connectivity index (χ3v) is 5.82. The van der Waals surface area contributed by atoms with Crippen LogP contribution >= 0.6 is 34.9 Å². The molecule has 1 aromatic heterocycles. The van der Waals surface area contributed by atoms with Crippen LogP contribution in [0, 0.1) is 0 Å². The molecule has 1 aromatic carbocycles. The first kappa shape index (κ1) is 18.1. The van der Waals surface area contributed by atoms with Crippen LogP contribution in [0.1, 0.15) is 10.4 Å². The normalized spacial score (nSPS) is 19.2. The summed E-state index contributed by atoms with van der Waals surface area (Å²) in [5.41, 5.74) is 0.912. The fourth-order valence-electron chi connectivity index (χ4n) is 2.11. The first-order chi connectivity index (χ1) is 12.1. The van der Waals surface area contributed by atoms with E-state index in [1.807, 2.05) is 17.5 Å². The molecule has 1 saturated heterocycles. The zero-order chi connectivity index (χ0) is 17.6. The van der Waals surface area contributed by atoms with Crippen molar-refractivity contribution >= 4 is 52.1 Å². The highest BCUT2D eigenvalue weighted by atomic mass is 32.2. The van der Waals surface area contributed by atoms with Crippen molar-refractivity contribution in [3.05, 3.63) is 52.2 Å². The van der Waals surface area contributed by atoms with Gasteiger partial charge in [0.15, 0.2) is 5.17 Å². The fraction of sp³-hybridized carbons (Fsp3) is 0.188. The first-order valence-corrected chi connectivity index (χ1v) is 9.90. The number of hydrogen-bond donors (Lipinski definition) is 1. The highest BCUT2D eigenvalue weighted by Gasteiger charge is 2.30. The van der Waals surface area contributed by atoms with Crippen molar-refractivity contribution in [1.82, 2.24) is 5.32 Å². The molecule has 1 N–H and O–H groups in total. The van der Waals surface area contributed by atoms with Crippen LogP contribution in [0.25, 0.3) is 0 Å². The van der Waals surface area contributed by atoms with Crippen molar-refractivity contribution in [2.24, 2.45) is 10.2 Å². The maximum absolute atomic E-state index is 12.3. The quantitative estimate of drug-likeness (QED) is 0.451. The summed E-state index contributed by atoms with van der Waals surface area (Å²) in [7, 11) is 0. The van der Waals surface area contributed by atoms with E-state index in [0.29, 0.717) is 28.2 Å². The average molecular weight is 397 g/mol. The number of benzene rings is 1. The Morgan fingerprint density at radius 1 is 1.28 bits per heavy atom. The lowest BCUT2D eigenvalue weighted by molar-refractivity contribution is -0.118. The molecule has 3 rings (SSSR count). The maximum atomic E-state index is 12.3. The van der Waals surface area contributed by atoms with E-state index in [-0.39, 0.29) is 11.2 Å². The van der Waals surface area contributed by atoms with E-state index in [2.05, 4.69) is 15.5 Å². The van der Waals surface area contributed by atoms with Gasteiger partial charge in [-0.15, -0.1) is 16.4 Å². The molecule has 1 aliphatic rings. The van der Waals surface area contributed by atoms with E-state index in [9.17, 15) is 13.6 Å². The zero-order valence-electron chi connectivity index (χ0n) is 12.8. The number of carbonyl (C=O) groups excluding carboxylic acids is 1. The molecule has 2 aromatic rings. The van der Waals surface area contributed by atoms with Crippen LogP contribution in [-0.4, -0.2) is 28.3 Å². The number of thiophene rings is 1. The van der Waals surface area contributed by atoms with Gasteiger partial charge < -0.3 is 5.32 Å². The van der Waals surface area contributed by atoms with Gasteiger partial charge in [-0.05, 0) is 35.6 Å². The molecule has 2 heterocycles. The summed E-state index contributed by atoms with van der Waals surface area (Å²) in [5.74, 6) is -2.56. The Labute approximate surface area is 155 Å². The van der Waals surface area contributed by atoms with Gasteiger partial charge in [0.05, 0.1) is 11.5 Å². The van der Waals surface area contributed by atoms with Gasteiger partial charge in [0.1, 0.15) is 0 Å². The van der Waals surface area contributed by atoms with Crippen molar-refractivity contribution in [1.29, 1.82) is 0 Å². The van der Waals surface area contributed by atoms with Crippen molar-refractivity contribution < 1.29 is 13.6 Å². The number of halogens is 2. The number of carbonyl (C=O) groups is 1. The number of thioether (sulfide) groups is 2. The molecule has 1 amide bonds. The fourth-order valence-corrected chi connectivity index (χ4v) is 4.15. The molecule has 0 saturated carbocycles. The molecule has 0 aliphatic carbocycles. The van der Waals surface area contributed by atoms with Crippen LogP contribution in [0.5, 0.6) is 0 Å².